The van der Waals surface area contributed by atoms with Crippen LogP contribution in [0.2, 0.25) is 0 Å². The molecule has 0 radical (unpaired) electrons. The van der Waals surface area contributed by atoms with Gasteiger partial charge >= 0.3 is 0 Å². The molecule has 1 heterocycles. The monoisotopic (exact) mass is 389 g/mol. The van der Waals surface area contributed by atoms with Crippen molar-refractivity contribution in [2.45, 2.75) is 71.3 Å². The molecule has 2 nitrogen and oxygen atoms in total. The van der Waals surface area contributed by atoms with E-state index in [0.717, 1.165) is 36.5 Å². The molecule has 29 heavy (non-hydrogen) atoms. The van der Waals surface area contributed by atoms with Crippen LogP contribution in [-0.4, -0.2) is 15.8 Å². The summed E-state index contributed by atoms with van der Waals surface area (Å²) in [6.07, 6.45) is 14.8. The van der Waals surface area contributed by atoms with E-state index in [0.29, 0.717) is 10.8 Å². The van der Waals surface area contributed by atoms with Gasteiger partial charge in [0.2, 0.25) is 0 Å². The summed E-state index contributed by atoms with van der Waals surface area (Å²) >= 11 is 0. The van der Waals surface area contributed by atoms with E-state index < -0.39 is 0 Å². The van der Waals surface area contributed by atoms with Gasteiger partial charge in [-0.15, -0.1) is 0 Å². The third-order valence-electron chi connectivity index (χ3n) is 10.0. The molecule has 0 saturated heterocycles. The Bertz CT molecular complexity index is 972. The average molecular weight is 390 g/mol. The van der Waals surface area contributed by atoms with Crippen molar-refractivity contribution in [3.63, 3.8) is 0 Å². The van der Waals surface area contributed by atoms with E-state index in [-0.39, 0.29) is 6.10 Å². The third kappa shape index (κ3) is 2.45. The summed E-state index contributed by atoms with van der Waals surface area (Å²) < 4.78 is 2.50. The maximum absolute atomic E-state index is 10.3. The molecule has 3 unspecified atom stereocenters. The van der Waals surface area contributed by atoms with Crippen molar-refractivity contribution >= 4 is 16.6 Å². The fraction of sp³-hybridized carbons (Fsp3) is 0.630. The molecule has 4 aliphatic carbocycles. The number of allylic oxidation sites excluding steroid dienone is 2. The second-order valence-corrected chi connectivity index (χ2v) is 11.1. The second kappa shape index (κ2) is 6.23. The van der Waals surface area contributed by atoms with Crippen molar-refractivity contribution in [1.29, 1.82) is 0 Å². The van der Waals surface area contributed by atoms with Crippen molar-refractivity contribution in [2.24, 2.45) is 34.5 Å². The first-order chi connectivity index (χ1) is 14.0. The molecular formula is C27H35NO. The standard InChI is InChI=1S/C27H35NO/c1-26-14-11-20(29)17-19(26)7-8-21-22-9-10-25(27(22,2)15-12-23(21)26)28-16-13-18-5-3-4-6-24(18)28/h3-6,10,13,16,19-23,29H,7-9,11-12,14-15,17H2,1-2H3/t19-,20+,21?,22?,23?,26+,27+/m1/s1. The van der Waals surface area contributed by atoms with Gasteiger partial charge in [-0.05, 0) is 98.0 Å². The van der Waals surface area contributed by atoms with Crippen LogP contribution in [0.3, 0.4) is 0 Å². The molecule has 1 N–H and O–H groups in total. The molecule has 0 spiro atoms. The third-order valence-corrected chi connectivity index (χ3v) is 10.0. The highest BCUT2D eigenvalue weighted by Crippen LogP contribution is 2.67. The maximum atomic E-state index is 10.3. The highest BCUT2D eigenvalue weighted by Gasteiger charge is 2.58. The summed E-state index contributed by atoms with van der Waals surface area (Å²) in [6, 6.07) is 11.1. The number of aromatic nitrogens is 1. The lowest BCUT2D eigenvalue weighted by Crippen LogP contribution is -2.53. The van der Waals surface area contributed by atoms with Crippen LogP contribution in [-0.2, 0) is 0 Å². The second-order valence-electron chi connectivity index (χ2n) is 11.1. The summed E-state index contributed by atoms with van der Waals surface area (Å²) in [6.45, 7) is 5.16. The number of fused-ring (bicyclic) bond motifs is 6. The molecule has 154 valence electrons. The molecule has 1 aromatic carbocycles. The van der Waals surface area contributed by atoms with Gasteiger partial charge in [-0.3, -0.25) is 0 Å². The fourth-order valence-electron chi connectivity index (χ4n) is 8.45. The molecule has 6 rings (SSSR count). The average Bonchev–Trinajstić information content (AvgIpc) is 3.29. The Hall–Kier alpha value is -1.54. The minimum absolute atomic E-state index is 0.0414. The summed E-state index contributed by atoms with van der Waals surface area (Å²) in [5, 5.41) is 11.6. The van der Waals surface area contributed by atoms with Gasteiger partial charge in [-0.1, -0.05) is 38.1 Å². The molecule has 2 aromatic rings. The van der Waals surface area contributed by atoms with Crippen molar-refractivity contribution in [2.75, 3.05) is 0 Å². The number of aliphatic hydroxyl groups is 1. The molecule has 0 aliphatic heterocycles. The van der Waals surface area contributed by atoms with E-state index in [1.807, 2.05) is 0 Å². The minimum Gasteiger partial charge on any atom is -0.393 e. The van der Waals surface area contributed by atoms with Gasteiger partial charge in [0, 0.05) is 17.3 Å². The van der Waals surface area contributed by atoms with Crippen LogP contribution < -0.4 is 0 Å². The van der Waals surface area contributed by atoms with Crippen LogP contribution in [0, 0.1) is 34.5 Å². The SMILES string of the molecule is C[C@]12CCC3C(CC[C@@H]4C[C@@H](O)CC[C@]34C)C1CC=C2n1ccc2ccccc21. The molecule has 3 saturated carbocycles. The molecule has 0 amide bonds. The van der Waals surface area contributed by atoms with E-state index in [4.69, 9.17) is 0 Å². The van der Waals surface area contributed by atoms with Crippen LogP contribution in [0.15, 0.2) is 42.6 Å². The van der Waals surface area contributed by atoms with Crippen molar-refractivity contribution in [3.8, 4) is 0 Å². The lowest BCUT2D eigenvalue weighted by Gasteiger charge is -2.60. The van der Waals surface area contributed by atoms with Gasteiger partial charge in [0.15, 0.2) is 0 Å². The van der Waals surface area contributed by atoms with E-state index in [9.17, 15) is 5.11 Å². The van der Waals surface area contributed by atoms with E-state index in [1.54, 1.807) is 5.70 Å². The zero-order chi connectivity index (χ0) is 19.8. The number of hydrogen-bond donors (Lipinski definition) is 1. The Morgan fingerprint density at radius 2 is 1.83 bits per heavy atom. The lowest BCUT2D eigenvalue weighted by molar-refractivity contribution is -0.115. The Morgan fingerprint density at radius 3 is 2.72 bits per heavy atom. The van der Waals surface area contributed by atoms with Gasteiger partial charge in [-0.2, -0.15) is 0 Å². The highest BCUT2D eigenvalue weighted by atomic mass is 16.3. The molecule has 2 heteroatoms. The first-order valence-corrected chi connectivity index (χ1v) is 12.0. The largest absolute Gasteiger partial charge is 0.393 e. The van der Waals surface area contributed by atoms with Gasteiger partial charge < -0.3 is 9.67 Å². The molecule has 3 fully saturated rings. The zero-order valence-electron chi connectivity index (χ0n) is 18.0. The first kappa shape index (κ1) is 18.2. The number of aliphatic hydroxyl groups excluding tert-OH is 1. The van der Waals surface area contributed by atoms with E-state index in [1.165, 1.54) is 49.4 Å². The van der Waals surface area contributed by atoms with Crippen molar-refractivity contribution in [1.82, 2.24) is 4.57 Å². The predicted molar refractivity (Wildman–Crippen MR) is 119 cm³/mol. The van der Waals surface area contributed by atoms with Crippen LogP contribution in [0.4, 0.5) is 0 Å². The topological polar surface area (TPSA) is 25.2 Å². The minimum atomic E-state index is -0.0414. The normalized spacial score (nSPS) is 44.1. The summed E-state index contributed by atoms with van der Waals surface area (Å²) in [7, 11) is 0. The number of rotatable bonds is 1. The Kier molecular flexibility index (Phi) is 3.92. The molecule has 0 bridgehead atoms. The van der Waals surface area contributed by atoms with Gasteiger partial charge in [0.05, 0.1) is 11.6 Å². The van der Waals surface area contributed by atoms with Crippen LogP contribution in [0.25, 0.3) is 16.6 Å². The smallest absolute Gasteiger partial charge is 0.0543 e. The quantitative estimate of drug-likeness (QED) is 0.592. The maximum Gasteiger partial charge on any atom is 0.0543 e. The molecule has 4 aliphatic rings. The van der Waals surface area contributed by atoms with Gasteiger partial charge in [0.25, 0.3) is 0 Å². The number of benzene rings is 1. The van der Waals surface area contributed by atoms with E-state index in [2.05, 4.69) is 61.0 Å². The summed E-state index contributed by atoms with van der Waals surface area (Å²) in [5.41, 5.74) is 3.69. The van der Waals surface area contributed by atoms with Gasteiger partial charge in [0.1, 0.15) is 0 Å². The van der Waals surface area contributed by atoms with Crippen molar-refractivity contribution in [3.05, 3.63) is 42.6 Å². The molecular weight excluding hydrogens is 354 g/mol. The summed E-state index contributed by atoms with van der Waals surface area (Å²) in [5.74, 6) is 3.27. The van der Waals surface area contributed by atoms with Crippen LogP contribution >= 0.6 is 0 Å². The summed E-state index contributed by atoms with van der Waals surface area (Å²) in [4.78, 5) is 0. The number of hydrogen-bond acceptors (Lipinski definition) is 1. The number of nitrogens with zero attached hydrogens (tertiary/aromatic N) is 1. The van der Waals surface area contributed by atoms with Crippen LogP contribution in [0.1, 0.15) is 65.2 Å². The van der Waals surface area contributed by atoms with Gasteiger partial charge in [-0.25, -0.2) is 0 Å². The van der Waals surface area contributed by atoms with Crippen LogP contribution in [0.5, 0.6) is 0 Å². The Balaban J connectivity index is 1.34. The van der Waals surface area contributed by atoms with E-state index >= 15 is 0 Å². The van der Waals surface area contributed by atoms with Crippen molar-refractivity contribution < 1.29 is 5.11 Å². The fourth-order valence-corrected chi connectivity index (χ4v) is 8.45. The Labute approximate surface area is 175 Å². The Morgan fingerprint density at radius 1 is 0.966 bits per heavy atom. The zero-order valence-corrected chi connectivity index (χ0v) is 18.0. The first-order valence-electron chi connectivity index (χ1n) is 12.0. The predicted octanol–water partition coefficient (Wildman–Crippen LogP) is 6.50. The number of para-hydroxylation sites is 1. The molecule has 1 aromatic heterocycles. The highest BCUT2D eigenvalue weighted by molar-refractivity contribution is 5.84. The lowest BCUT2D eigenvalue weighted by atomic mass is 9.45. The molecule has 7 atom stereocenters.